The van der Waals surface area contributed by atoms with Gasteiger partial charge in [-0.15, -0.1) is 0 Å². The SMILES string of the molecule is CC12CCC3C(C(=O)C(O)C4CCCCC43C)C1CCC2CCCC=O. The second kappa shape index (κ2) is 6.72. The Morgan fingerprint density at radius 3 is 2.54 bits per heavy atom. The highest BCUT2D eigenvalue weighted by molar-refractivity contribution is 5.87. The van der Waals surface area contributed by atoms with Crippen LogP contribution in [0.3, 0.4) is 0 Å². The Morgan fingerprint density at radius 2 is 1.77 bits per heavy atom. The number of aldehydes is 1. The second-order valence-corrected chi connectivity index (χ2v) is 10.4. The number of unbranched alkanes of at least 4 members (excludes halogenated alkanes) is 1. The van der Waals surface area contributed by atoms with Crippen LogP contribution in [-0.2, 0) is 9.59 Å². The molecule has 3 heteroatoms. The van der Waals surface area contributed by atoms with Crippen LogP contribution in [0.15, 0.2) is 0 Å². The Hall–Kier alpha value is -0.700. The molecular weight excluding hydrogens is 324 g/mol. The summed E-state index contributed by atoms with van der Waals surface area (Å²) in [6, 6.07) is 0. The van der Waals surface area contributed by atoms with Crippen molar-refractivity contribution in [1.29, 1.82) is 0 Å². The molecule has 8 unspecified atom stereocenters. The number of rotatable bonds is 4. The van der Waals surface area contributed by atoms with E-state index in [-0.39, 0.29) is 28.4 Å². The van der Waals surface area contributed by atoms with Crippen molar-refractivity contribution >= 4 is 12.1 Å². The molecule has 0 aromatic carbocycles. The predicted octanol–water partition coefficient (Wildman–Crippen LogP) is 4.55. The standard InChI is InChI=1S/C23H36O3/c1-22-13-11-17-19(16(22)10-9-15(22)7-4-6-14-24)21(26)20(25)18-8-3-5-12-23(17,18)2/h14-20,25H,3-13H2,1-2H3. The van der Waals surface area contributed by atoms with Gasteiger partial charge in [0.15, 0.2) is 5.78 Å². The van der Waals surface area contributed by atoms with Crippen molar-refractivity contribution in [3.8, 4) is 0 Å². The first-order chi connectivity index (χ1) is 12.4. The first kappa shape index (κ1) is 18.7. The van der Waals surface area contributed by atoms with Crippen molar-refractivity contribution < 1.29 is 14.7 Å². The molecule has 3 nitrogen and oxygen atoms in total. The quantitative estimate of drug-likeness (QED) is 0.591. The molecule has 8 atom stereocenters. The van der Waals surface area contributed by atoms with E-state index in [2.05, 4.69) is 13.8 Å². The summed E-state index contributed by atoms with van der Waals surface area (Å²) in [5.41, 5.74) is 0.393. The fourth-order valence-electron chi connectivity index (χ4n) is 8.07. The lowest BCUT2D eigenvalue weighted by Gasteiger charge is -2.60. The fourth-order valence-corrected chi connectivity index (χ4v) is 8.07. The Morgan fingerprint density at radius 1 is 1.00 bits per heavy atom. The molecule has 0 saturated heterocycles. The summed E-state index contributed by atoms with van der Waals surface area (Å²) >= 11 is 0. The van der Waals surface area contributed by atoms with Crippen molar-refractivity contribution in [2.45, 2.75) is 90.6 Å². The smallest absolute Gasteiger partial charge is 0.165 e. The molecule has 4 fully saturated rings. The Balaban J connectivity index is 1.61. The van der Waals surface area contributed by atoms with E-state index in [1.807, 2.05) is 0 Å². The van der Waals surface area contributed by atoms with E-state index in [9.17, 15) is 14.7 Å². The van der Waals surface area contributed by atoms with Gasteiger partial charge >= 0.3 is 0 Å². The first-order valence-electron chi connectivity index (χ1n) is 11.1. The van der Waals surface area contributed by atoms with Crippen molar-refractivity contribution in [3.63, 3.8) is 0 Å². The number of carbonyl (C=O) groups excluding carboxylic acids is 2. The fraction of sp³-hybridized carbons (Fsp3) is 0.913. The van der Waals surface area contributed by atoms with Crippen LogP contribution in [0.2, 0.25) is 0 Å². The number of hydrogen-bond donors (Lipinski definition) is 1. The number of aliphatic hydroxyl groups is 1. The molecule has 4 aliphatic rings. The lowest BCUT2D eigenvalue weighted by atomic mass is 9.44. The molecule has 0 aromatic heterocycles. The largest absolute Gasteiger partial charge is 0.385 e. The van der Waals surface area contributed by atoms with Crippen molar-refractivity contribution in [1.82, 2.24) is 0 Å². The van der Waals surface area contributed by atoms with Gasteiger partial charge in [-0.2, -0.15) is 0 Å². The summed E-state index contributed by atoms with van der Waals surface area (Å²) in [4.78, 5) is 24.0. The van der Waals surface area contributed by atoms with E-state index in [1.165, 1.54) is 32.1 Å². The van der Waals surface area contributed by atoms with E-state index in [1.54, 1.807) is 0 Å². The predicted molar refractivity (Wildman–Crippen MR) is 102 cm³/mol. The third kappa shape index (κ3) is 2.56. The average Bonchev–Trinajstić information content (AvgIpc) is 2.96. The van der Waals surface area contributed by atoms with Crippen LogP contribution in [0.4, 0.5) is 0 Å². The summed E-state index contributed by atoms with van der Waals surface area (Å²) in [7, 11) is 0. The van der Waals surface area contributed by atoms with Gasteiger partial charge in [0.25, 0.3) is 0 Å². The molecule has 0 amide bonds. The van der Waals surface area contributed by atoms with Crippen molar-refractivity contribution in [2.75, 3.05) is 0 Å². The number of carbonyl (C=O) groups is 2. The number of hydrogen-bond acceptors (Lipinski definition) is 3. The monoisotopic (exact) mass is 360 g/mol. The number of ketones is 1. The number of aliphatic hydroxyl groups excluding tert-OH is 1. The minimum atomic E-state index is -0.724. The van der Waals surface area contributed by atoms with Gasteiger partial charge in [-0.1, -0.05) is 26.7 Å². The Bertz CT molecular complexity index is 572. The normalized spacial score (nSPS) is 50.7. The summed E-state index contributed by atoms with van der Waals surface area (Å²) in [5, 5.41) is 10.9. The third-order valence-corrected chi connectivity index (χ3v) is 9.52. The molecular formula is C23H36O3. The second-order valence-electron chi connectivity index (χ2n) is 10.4. The maximum Gasteiger partial charge on any atom is 0.165 e. The minimum Gasteiger partial charge on any atom is -0.385 e. The van der Waals surface area contributed by atoms with Gasteiger partial charge in [-0.05, 0) is 85.9 Å². The van der Waals surface area contributed by atoms with Gasteiger partial charge in [0.1, 0.15) is 12.4 Å². The molecule has 0 heterocycles. The highest BCUT2D eigenvalue weighted by Gasteiger charge is 2.64. The lowest BCUT2D eigenvalue weighted by Crippen LogP contribution is -2.61. The molecule has 0 radical (unpaired) electrons. The van der Waals surface area contributed by atoms with E-state index >= 15 is 0 Å². The average molecular weight is 361 g/mol. The summed E-state index contributed by atoms with van der Waals surface area (Å²) in [5.74, 6) is 2.04. The van der Waals surface area contributed by atoms with Gasteiger partial charge in [-0.25, -0.2) is 0 Å². The molecule has 0 aromatic rings. The molecule has 146 valence electrons. The number of Topliss-reactive ketones (excluding diaryl/α,β-unsaturated/α-hetero) is 1. The van der Waals surface area contributed by atoms with Crippen LogP contribution < -0.4 is 0 Å². The molecule has 4 saturated carbocycles. The zero-order valence-electron chi connectivity index (χ0n) is 16.6. The maximum absolute atomic E-state index is 13.3. The molecule has 26 heavy (non-hydrogen) atoms. The minimum absolute atomic E-state index is 0.0826. The van der Waals surface area contributed by atoms with Crippen LogP contribution >= 0.6 is 0 Å². The zero-order valence-corrected chi connectivity index (χ0v) is 16.6. The van der Waals surface area contributed by atoms with Crippen LogP contribution in [0.1, 0.15) is 84.5 Å². The molecule has 0 spiro atoms. The lowest BCUT2D eigenvalue weighted by molar-refractivity contribution is -0.177. The van der Waals surface area contributed by atoms with E-state index < -0.39 is 6.10 Å². The van der Waals surface area contributed by atoms with E-state index in [4.69, 9.17) is 0 Å². The van der Waals surface area contributed by atoms with E-state index in [0.717, 1.165) is 38.4 Å². The van der Waals surface area contributed by atoms with Gasteiger partial charge in [0.2, 0.25) is 0 Å². The summed E-state index contributed by atoms with van der Waals surface area (Å²) in [6.45, 7) is 4.81. The van der Waals surface area contributed by atoms with Gasteiger partial charge in [-0.3, -0.25) is 4.79 Å². The highest BCUT2D eigenvalue weighted by atomic mass is 16.3. The third-order valence-electron chi connectivity index (χ3n) is 9.52. The van der Waals surface area contributed by atoms with Gasteiger partial charge < -0.3 is 9.90 Å². The zero-order chi connectivity index (χ0) is 18.5. The molecule has 0 aliphatic heterocycles. The van der Waals surface area contributed by atoms with Crippen molar-refractivity contribution in [2.24, 2.45) is 40.4 Å². The van der Waals surface area contributed by atoms with E-state index in [0.29, 0.717) is 24.2 Å². The van der Waals surface area contributed by atoms with Crippen LogP contribution in [-0.4, -0.2) is 23.3 Å². The molecule has 1 N–H and O–H groups in total. The maximum atomic E-state index is 13.3. The molecule has 4 rings (SSSR count). The molecule has 0 bridgehead atoms. The molecule has 4 aliphatic carbocycles. The Labute approximate surface area is 158 Å². The Kier molecular flexibility index (Phi) is 4.82. The number of fused-ring (bicyclic) bond motifs is 5. The highest BCUT2D eigenvalue weighted by Crippen LogP contribution is 2.67. The van der Waals surface area contributed by atoms with Crippen LogP contribution in [0.25, 0.3) is 0 Å². The van der Waals surface area contributed by atoms with Crippen LogP contribution in [0, 0.1) is 40.4 Å². The van der Waals surface area contributed by atoms with Crippen LogP contribution in [0.5, 0.6) is 0 Å². The van der Waals surface area contributed by atoms with Gasteiger partial charge in [0.05, 0.1) is 0 Å². The summed E-state index contributed by atoms with van der Waals surface area (Å²) < 4.78 is 0. The summed E-state index contributed by atoms with van der Waals surface area (Å²) in [6.07, 6.45) is 12.5. The topological polar surface area (TPSA) is 54.4 Å². The first-order valence-corrected chi connectivity index (χ1v) is 11.1. The van der Waals surface area contributed by atoms with Crippen molar-refractivity contribution in [3.05, 3.63) is 0 Å². The van der Waals surface area contributed by atoms with Gasteiger partial charge in [0, 0.05) is 12.3 Å².